The van der Waals surface area contributed by atoms with Gasteiger partial charge in [-0.05, 0) is 31.5 Å². The summed E-state index contributed by atoms with van der Waals surface area (Å²) < 4.78 is 11.8. The number of carbonyl (C=O) groups excluding carboxylic acids is 1. The van der Waals surface area contributed by atoms with Gasteiger partial charge >= 0.3 is 0 Å². The zero-order valence-electron chi connectivity index (χ0n) is 11.7. The van der Waals surface area contributed by atoms with E-state index in [-0.39, 0.29) is 25.5 Å². The number of aliphatic hydroxyl groups is 1. The second-order valence-corrected chi connectivity index (χ2v) is 4.86. The summed E-state index contributed by atoms with van der Waals surface area (Å²) >= 11 is 3.43. The van der Waals surface area contributed by atoms with Crippen molar-refractivity contribution in [3.63, 3.8) is 0 Å². The molecule has 0 aliphatic carbocycles. The van der Waals surface area contributed by atoms with E-state index in [1.54, 1.807) is 6.07 Å². The molecule has 0 bridgehead atoms. The number of halogens is 1. The molecule has 112 valence electrons. The third kappa shape index (κ3) is 5.02. The molecule has 6 heteroatoms. The molecule has 1 rings (SSSR count). The number of hydrogen-bond acceptors (Lipinski definition) is 4. The van der Waals surface area contributed by atoms with Crippen LogP contribution in [-0.4, -0.2) is 37.4 Å². The highest BCUT2D eigenvalue weighted by molar-refractivity contribution is 9.10. The van der Waals surface area contributed by atoms with E-state index >= 15 is 0 Å². The van der Waals surface area contributed by atoms with Crippen molar-refractivity contribution in [2.75, 3.05) is 26.4 Å². The Balaban J connectivity index is 2.90. The van der Waals surface area contributed by atoms with Gasteiger partial charge in [-0.3, -0.25) is 4.79 Å². The number of ether oxygens (including phenoxy) is 2. The van der Waals surface area contributed by atoms with E-state index < -0.39 is 0 Å². The molecule has 5 nitrogen and oxygen atoms in total. The minimum atomic E-state index is -0.147. The largest absolute Gasteiger partial charge is 0.490 e. The van der Waals surface area contributed by atoms with Crippen LogP contribution in [0.3, 0.4) is 0 Å². The van der Waals surface area contributed by atoms with E-state index in [0.717, 1.165) is 10.0 Å². The van der Waals surface area contributed by atoms with Crippen molar-refractivity contribution in [3.05, 3.63) is 22.2 Å². The smallest absolute Gasteiger partial charge is 0.224 e. The van der Waals surface area contributed by atoms with Crippen molar-refractivity contribution in [3.8, 4) is 11.5 Å². The Labute approximate surface area is 127 Å². The van der Waals surface area contributed by atoms with E-state index in [1.807, 2.05) is 19.9 Å². The standard InChI is InChI=1S/C14H20BrNO4/c1-3-19-12-7-10(8-14(18)16-5-6-17)11(15)9-13(12)20-4-2/h7,9,17H,3-6,8H2,1-2H3,(H,16,18). The molecule has 0 radical (unpaired) electrons. The van der Waals surface area contributed by atoms with Gasteiger partial charge in [-0.15, -0.1) is 0 Å². The van der Waals surface area contributed by atoms with Crippen LogP contribution in [0.15, 0.2) is 16.6 Å². The Morgan fingerprint density at radius 2 is 1.85 bits per heavy atom. The number of nitrogens with one attached hydrogen (secondary N) is 1. The van der Waals surface area contributed by atoms with E-state index in [4.69, 9.17) is 14.6 Å². The predicted molar refractivity (Wildman–Crippen MR) is 80.3 cm³/mol. The Kier molecular flexibility index (Phi) is 7.40. The summed E-state index contributed by atoms with van der Waals surface area (Å²) in [5.41, 5.74) is 0.812. The summed E-state index contributed by atoms with van der Waals surface area (Å²) in [6.07, 6.45) is 0.215. The second kappa shape index (κ2) is 8.81. The fourth-order valence-electron chi connectivity index (χ4n) is 1.68. The fraction of sp³-hybridized carbons (Fsp3) is 0.500. The van der Waals surface area contributed by atoms with Gasteiger partial charge < -0.3 is 19.9 Å². The quantitative estimate of drug-likeness (QED) is 0.755. The summed E-state index contributed by atoms with van der Waals surface area (Å²) in [7, 11) is 0. The molecule has 0 aliphatic rings. The lowest BCUT2D eigenvalue weighted by Gasteiger charge is -2.14. The zero-order chi connectivity index (χ0) is 15.0. The van der Waals surface area contributed by atoms with Crippen LogP contribution in [0.4, 0.5) is 0 Å². The maximum absolute atomic E-state index is 11.7. The van der Waals surface area contributed by atoms with E-state index in [1.165, 1.54) is 0 Å². The van der Waals surface area contributed by atoms with Crippen LogP contribution in [0.25, 0.3) is 0 Å². The van der Waals surface area contributed by atoms with Gasteiger partial charge in [0.2, 0.25) is 5.91 Å². The first-order chi connectivity index (χ1) is 9.62. The van der Waals surface area contributed by atoms with Gasteiger partial charge in [0.1, 0.15) is 0 Å². The van der Waals surface area contributed by atoms with Gasteiger partial charge in [0.15, 0.2) is 11.5 Å². The van der Waals surface area contributed by atoms with E-state index in [0.29, 0.717) is 24.7 Å². The Morgan fingerprint density at radius 1 is 1.25 bits per heavy atom. The van der Waals surface area contributed by atoms with Crippen molar-refractivity contribution in [2.24, 2.45) is 0 Å². The highest BCUT2D eigenvalue weighted by Gasteiger charge is 2.13. The molecular formula is C14H20BrNO4. The molecule has 1 aromatic carbocycles. The first-order valence-electron chi connectivity index (χ1n) is 6.57. The molecule has 0 unspecified atom stereocenters. The van der Waals surface area contributed by atoms with Crippen LogP contribution < -0.4 is 14.8 Å². The molecule has 1 aromatic rings. The Hall–Kier alpha value is -1.27. The van der Waals surface area contributed by atoms with Crippen LogP contribution in [0.2, 0.25) is 0 Å². The molecule has 2 N–H and O–H groups in total. The van der Waals surface area contributed by atoms with Gasteiger partial charge in [0, 0.05) is 11.0 Å². The lowest BCUT2D eigenvalue weighted by molar-refractivity contribution is -0.120. The third-order valence-corrected chi connectivity index (χ3v) is 3.24. The lowest BCUT2D eigenvalue weighted by Crippen LogP contribution is -2.27. The predicted octanol–water partition coefficient (Wildman–Crippen LogP) is 1.90. The molecular weight excluding hydrogens is 326 g/mol. The van der Waals surface area contributed by atoms with Gasteiger partial charge in [0.05, 0.1) is 26.2 Å². The van der Waals surface area contributed by atoms with Crippen molar-refractivity contribution >= 4 is 21.8 Å². The monoisotopic (exact) mass is 345 g/mol. The highest BCUT2D eigenvalue weighted by atomic mass is 79.9. The average molecular weight is 346 g/mol. The van der Waals surface area contributed by atoms with Crippen molar-refractivity contribution in [1.29, 1.82) is 0 Å². The summed E-state index contributed by atoms with van der Waals surface area (Å²) in [6, 6.07) is 3.61. The Bertz CT molecular complexity index is 451. The van der Waals surface area contributed by atoms with Crippen LogP contribution in [0, 0.1) is 0 Å². The summed E-state index contributed by atoms with van der Waals surface area (Å²) in [5, 5.41) is 11.3. The number of aliphatic hydroxyl groups excluding tert-OH is 1. The van der Waals surface area contributed by atoms with Crippen LogP contribution in [-0.2, 0) is 11.2 Å². The molecule has 0 fully saturated rings. The molecule has 0 aromatic heterocycles. The Morgan fingerprint density at radius 3 is 2.40 bits per heavy atom. The lowest BCUT2D eigenvalue weighted by atomic mass is 10.1. The number of benzene rings is 1. The second-order valence-electron chi connectivity index (χ2n) is 4.01. The number of amides is 1. The van der Waals surface area contributed by atoms with Crippen LogP contribution >= 0.6 is 15.9 Å². The fourth-order valence-corrected chi connectivity index (χ4v) is 2.14. The minimum Gasteiger partial charge on any atom is -0.490 e. The third-order valence-electron chi connectivity index (χ3n) is 2.50. The average Bonchev–Trinajstić information content (AvgIpc) is 2.42. The summed E-state index contributed by atoms with van der Waals surface area (Å²) in [4.78, 5) is 11.7. The van der Waals surface area contributed by atoms with Crippen molar-refractivity contribution in [1.82, 2.24) is 5.32 Å². The van der Waals surface area contributed by atoms with Gasteiger partial charge in [-0.2, -0.15) is 0 Å². The maximum Gasteiger partial charge on any atom is 0.224 e. The molecule has 20 heavy (non-hydrogen) atoms. The number of carbonyl (C=O) groups is 1. The molecule has 0 aliphatic heterocycles. The summed E-state index contributed by atoms with van der Waals surface area (Å²) in [5.74, 6) is 1.13. The molecule has 0 saturated heterocycles. The van der Waals surface area contributed by atoms with E-state index in [9.17, 15) is 4.79 Å². The van der Waals surface area contributed by atoms with Crippen LogP contribution in [0.1, 0.15) is 19.4 Å². The molecule has 1 amide bonds. The first kappa shape index (κ1) is 16.8. The molecule has 0 spiro atoms. The zero-order valence-corrected chi connectivity index (χ0v) is 13.3. The molecule has 0 atom stereocenters. The van der Waals surface area contributed by atoms with E-state index in [2.05, 4.69) is 21.2 Å². The van der Waals surface area contributed by atoms with Crippen molar-refractivity contribution < 1.29 is 19.4 Å². The number of rotatable bonds is 8. The van der Waals surface area contributed by atoms with Crippen molar-refractivity contribution in [2.45, 2.75) is 20.3 Å². The minimum absolute atomic E-state index is 0.0691. The molecule has 0 heterocycles. The van der Waals surface area contributed by atoms with Crippen LogP contribution in [0.5, 0.6) is 11.5 Å². The summed E-state index contributed by atoms with van der Waals surface area (Å²) in [6.45, 7) is 5.05. The molecule has 0 saturated carbocycles. The topological polar surface area (TPSA) is 67.8 Å². The highest BCUT2D eigenvalue weighted by Crippen LogP contribution is 2.34. The van der Waals surface area contributed by atoms with Gasteiger partial charge in [-0.1, -0.05) is 15.9 Å². The SMILES string of the molecule is CCOc1cc(Br)c(CC(=O)NCCO)cc1OCC. The van der Waals surface area contributed by atoms with Gasteiger partial charge in [-0.25, -0.2) is 0 Å². The maximum atomic E-state index is 11.7. The van der Waals surface area contributed by atoms with Gasteiger partial charge in [0.25, 0.3) is 0 Å². The first-order valence-corrected chi connectivity index (χ1v) is 7.37. The normalized spacial score (nSPS) is 10.2. The number of hydrogen-bond donors (Lipinski definition) is 2.